The van der Waals surface area contributed by atoms with Crippen LogP contribution in [0.4, 0.5) is 0 Å². The highest BCUT2D eigenvalue weighted by atomic mass is 35.5. The number of fused-ring (bicyclic) bond motifs is 1. The summed E-state index contributed by atoms with van der Waals surface area (Å²) in [5.74, 6) is 0.520. The predicted molar refractivity (Wildman–Crippen MR) is 144 cm³/mol. The van der Waals surface area contributed by atoms with Gasteiger partial charge in [0.05, 0.1) is 35.4 Å². The zero-order chi connectivity index (χ0) is 25.3. The molecule has 1 atom stereocenters. The Morgan fingerprint density at radius 2 is 1.69 bits per heavy atom. The fraction of sp³-hybridized carbons (Fsp3) is 0.172. The third-order valence-electron chi connectivity index (χ3n) is 6.35. The first kappa shape index (κ1) is 24.3. The van der Waals surface area contributed by atoms with E-state index < -0.39 is 5.60 Å². The van der Waals surface area contributed by atoms with Gasteiger partial charge in [-0.25, -0.2) is 9.97 Å². The van der Waals surface area contributed by atoms with Crippen LogP contribution in [0, 0.1) is 0 Å². The van der Waals surface area contributed by atoms with Crippen molar-refractivity contribution in [1.82, 2.24) is 14.5 Å². The zero-order valence-corrected chi connectivity index (χ0v) is 21.5. The highest BCUT2D eigenvalue weighted by Crippen LogP contribution is 2.40. The minimum atomic E-state index is -1.49. The van der Waals surface area contributed by atoms with Crippen molar-refractivity contribution in [2.75, 3.05) is 6.61 Å². The third kappa shape index (κ3) is 4.35. The molecule has 7 heteroatoms. The lowest BCUT2D eigenvalue weighted by molar-refractivity contribution is 0.117. The number of hydrogen-bond acceptors (Lipinski definition) is 4. The van der Waals surface area contributed by atoms with E-state index in [1.54, 1.807) is 29.2 Å². The van der Waals surface area contributed by atoms with E-state index in [0.29, 0.717) is 51.3 Å². The molecule has 182 valence electrons. The zero-order valence-electron chi connectivity index (χ0n) is 20.0. The van der Waals surface area contributed by atoms with Gasteiger partial charge in [0.2, 0.25) is 5.88 Å². The van der Waals surface area contributed by atoms with E-state index in [4.69, 9.17) is 32.9 Å². The Bertz CT molecular complexity index is 1520. The quantitative estimate of drug-likeness (QED) is 0.266. The highest BCUT2D eigenvalue weighted by molar-refractivity contribution is 6.36. The van der Waals surface area contributed by atoms with Gasteiger partial charge >= 0.3 is 0 Å². The first-order chi connectivity index (χ1) is 17.4. The first-order valence-corrected chi connectivity index (χ1v) is 12.4. The summed E-state index contributed by atoms with van der Waals surface area (Å²) < 4.78 is 7.69. The molecule has 1 unspecified atom stereocenters. The summed E-state index contributed by atoms with van der Waals surface area (Å²) >= 11 is 13.2. The number of nitrogens with zero attached hydrogens (tertiary/aromatic N) is 3. The summed E-state index contributed by atoms with van der Waals surface area (Å²) in [7, 11) is 1.85. The van der Waals surface area contributed by atoms with Gasteiger partial charge in [0.1, 0.15) is 0 Å². The van der Waals surface area contributed by atoms with Gasteiger partial charge in [-0.3, -0.25) is 0 Å². The van der Waals surface area contributed by atoms with Crippen molar-refractivity contribution in [2.45, 2.75) is 18.9 Å². The Hall–Kier alpha value is -3.38. The lowest BCUT2D eigenvalue weighted by Crippen LogP contribution is -2.31. The average molecular weight is 518 g/mol. The average Bonchev–Trinajstić information content (AvgIpc) is 3.33. The molecule has 0 spiro atoms. The van der Waals surface area contributed by atoms with Gasteiger partial charge in [0, 0.05) is 29.4 Å². The number of pyridine rings is 1. The van der Waals surface area contributed by atoms with Crippen LogP contribution in [0.25, 0.3) is 10.9 Å². The standard InChI is InChI=1S/C29H25Cl2N3O2/c1-3-36-28-24(15-19-7-5-4-6-8-19)27(31)23-16-21(11-14-25(23)33-28)29(35,26-17-32-18-34(26)2)20-9-12-22(30)13-10-20/h4-14,16-18,35H,3,15H2,1-2H3. The van der Waals surface area contributed by atoms with Crippen molar-refractivity contribution in [2.24, 2.45) is 7.05 Å². The lowest BCUT2D eigenvalue weighted by atomic mass is 9.83. The lowest BCUT2D eigenvalue weighted by Gasteiger charge is -2.30. The number of ether oxygens (including phenoxy) is 1. The van der Waals surface area contributed by atoms with Gasteiger partial charge in [-0.05, 0) is 47.9 Å². The maximum atomic E-state index is 12.3. The first-order valence-electron chi connectivity index (χ1n) is 11.7. The SMILES string of the molecule is CCOc1nc2ccc(C(O)(c3ccc(Cl)cc3)c3cncn3C)cc2c(Cl)c1Cc1ccccc1. The Balaban J connectivity index is 1.72. The number of rotatable bonds is 7. The van der Waals surface area contributed by atoms with Crippen LogP contribution < -0.4 is 4.74 Å². The van der Waals surface area contributed by atoms with Crippen LogP contribution in [0.5, 0.6) is 5.88 Å². The second-order valence-electron chi connectivity index (χ2n) is 8.64. The molecule has 5 aromatic rings. The number of benzene rings is 3. The van der Waals surface area contributed by atoms with E-state index in [9.17, 15) is 5.11 Å². The molecule has 1 N–H and O–H groups in total. The second kappa shape index (κ2) is 9.94. The molecule has 5 nitrogen and oxygen atoms in total. The Labute approximate surface area is 219 Å². The number of aryl methyl sites for hydroxylation is 1. The van der Waals surface area contributed by atoms with Crippen LogP contribution >= 0.6 is 23.2 Å². The molecule has 0 saturated heterocycles. The van der Waals surface area contributed by atoms with Crippen LogP contribution in [0.15, 0.2) is 85.3 Å². The van der Waals surface area contributed by atoms with E-state index >= 15 is 0 Å². The molecule has 0 aliphatic heterocycles. The minimum Gasteiger partial charge on any atom is -0.478 e. The number of hydrogen-bond donors (Lipinski definition) is 1. The van der Waals surface area contributed by atoms with E-state index in [2.05, 4.69) is 4.98 Å². The summed E-state index contributed by atoms with van der Waals surface area (Å²) in [6.07, 6.45) is 3.90. The summed E-state index contributed by atoms with van der Waals surface area (Å²) in [5.41, 5.74) is 3.02. The van der Waals surface area contributed by atoms with Crippen molar-refractivity contribution < 1.29 is 9.84 Å². The molecule has 36 heavy (non-hydrogen) atoms. The topological polar surface area (TPSA) is 60.2 Å². The number of imidazole rings is 1. The molecular formula is C29H25Cl2N3O2. The van der Waals surface area contributed by atoms with Crippen molar-refractivity contribution in [3.05, 3.63) is 123 Å². The van der Waals surface area contributed by atoms with E-state index in [1.807, 2.05) is 74.6 Å². The van der Waals surface area contributed by atoms with Crippen LogP contribution in [-0.4, -0.2) is 26.2 Å². The molecule has 0 saturated carbocycles. The minimum absolute atomic E-state index is 0.478. The Morgan fingerprint density at radius 3 is 2.36 bits per heavy atom. The molecule has 3 aromatic carbocycles. The summed E-state index contributed by atoms with van der Waals surface area (Å²) in [6.45, 7) is 2.40. The summed E-state index contributed by atoms with van der Waals surface area (Å²) in [6, 6.07) is 22.9. The summed E-state index contributed by atoms with van der Waals surface area (Å²) in [4.78, 5) is 9.04. The van der Waals surface area contributed by atoms with Gasteiger partial charge in [0.15, 0.2) is 5.60 Å². The Morgan fingerprint density at radius 1 is 0.972 bits per heavy atom. The third-order valence-corrected chi connectivity index (χ3v) is 7.03. The molecular weight excluding hydrogens is 493 g/mol. The second-order valence-corrected chi connectivity index (χ2v) is 9.46. The van der Waals surface area contributed by atoms with Gasteiger partial charge in [-0.2, -0.15) is 0 Å². The molecule has 2 aromatic heterocycles. The van der Waals surface area contributed by atoms with Crippen LogP contribution in [0.3, 0.4) is 0 Å². The molecule has 0 radical (unpaired) electrons. The van der Waals surface area contributed by atoms with Gasteiger partial charge in [-0.15, -0.1) is 0 Å². The maximum absolute atomic E-state index is 12.3. The molecule has 0 amide bonds. The van der Waals surface area contributed by atoms with E-state index in [1.165, 1.54) is 0 Å². The molecule has 0 aliphatic carbocycles. The number of halogens is 2. The number of aromatic nitrogens is 3. The highest BCUT2D eigenvalue weighted by Gasteiger charge is 2.37. The van der Waals surface area contributed by atoms with Crippen molar-refractivity contribution in [1.29, 1.82) is 0 Å². The Kier molecular flexibility index (Phi) is 6.71. The number of aliphatic hydroxyl groups is 1. The molecule has 2 heterocycles. The smallest absolute Gasteiger partial charge is 0.218 e. The van der Waals surface area contributed by atoms with Gasteiger partial charge in [0.25, 0.3) is 0 Å². The largest absolute Gasteiger partial charge is 0.478 e. The van der Waals surface area contributed by atoms with E-state index in [-0.39, 0.29) is 0 Å². The molecule has 0 bridgehead atoms. The normalized spacial score (nSPS) is 13.0. The van der Waals surface area contributed by atoms with Crippen LogP contribution in [0.1, 0.15) is 34.9 Å². The van der Waals surface area contributed by atoms with Gasteiger partial charge in [-0.1, -0.05) is 71.7 Å². The van der Waals surface area contributed by atoms with E-state index in [0.717, 1.165) is 16.5 Å². The molecule has 0 fully saturated rings. The van der Waals surface area contributed by atoms with Crippen LogP contribution in [0.2, 0.25) is 10.0 Å². The van der Waals surface area contributed by atoms with Crippen LogP contribution in [-0.2, 0) is 19.1 Å². The van der Waals surface area contributed by atoms with Crippen molar-refractivity contribution >= 4 is 34.1 Å². The molecule has 0 aliphatic rings. The summed E-state index contributed by atoms with van der Waals surface area (Å²) in [5, 5.41) is 14.2. The predicted octanol–water partition coefficient (Wildman–Crippen LogP) is 6.55. The fourth-order valence-electron chi connectivity index (χ4n) is 4.54. The monoisotopic (exact) mass is 517 g/mol. The maximum Gasteiger partial charge on any atom is 0.218 e. The van der Waals surface area contributed by atoms with Gasteiger partial charge < -0.3 is 14.4 Å². The van der Waals surface area contributed by atoms with Crippen molar-refractivity contribution in [3.8, 4) is 5.88 Å². The molecule has 5 rings (SSSR count). The van der Waals surface area contributed by atoms with Crippen molar-refractivity contribution in [3.63, 3.8) is 0 Å². The fourth-order valence-corrected chi connectivity index (χ4v) is 4.96.